The maximum atomic E-state index is 15.1. The SMILES string of the molecule is CC=CCCc1ccc(-c2ccc(-c3ccc(C4=CCC(CCCC)CC4)cc3F)cc2)c(F)c1F. The van der Waals surface area contributed by atoms with Gasteiger partial charge >= 0.3 is 0 Å². The molecule has 0 saturated heterocycles. The normalized spacial score (nSPS) is 15.9. The van der Waals surface area contributed by atoms with Crippen LogP contribution in [0.3, 0.4) is 0 Å². The highest BCUT2D eigenvalue weighted by Gasteiger charge is 2.17. The Labute approximate surface area is 213 Å². The fraction of sp³-hybridized carbons (Fsp3) is 0.333. The summed E-state index contributed by atoms with van der Waals surface area (Å²) in [5.41, 5.74) is 4.56. The van der Waals surface area contributed by atoms with Crippen molar-refractivity contribution in [2.75, 3.05) is 0 Å². The van der Waals surface area contributed by atoms with E-state index in [1.54, 1.807) is 42.5 Å². The molecule has 3 heteroatoms. The molecule has 0 spiro atoms. The van der Waals surface area contributed by atoms with Crippen LogP contribution in [0.25, 0.3) is 27.8 Å². The number of benzene rings is 3. The van der Waals surface area contributed by atoms with Gasteiger partial charge in [-0.25, -0.2) is 13.2 Å². The number of halogens is 3. The van der Waals surface area contributed by atoms with Crippen LogP contribution >= 0.6 is 0 Å². The van der Waals surface area contributed by atoms with Crippen LogP contribution in [0, 0.1) is 23.4 Å². The fourth-order valence-electron chi connectivity index (χ4n) is 5.09. The standard InChI is InChI=1S/C33H35F3/c1-3-5-7-9-27-18-21-30(33(36)32(27)35)26-16-14-25(15-17-26)29-20-19-28(22-31(29)34)24-12-10-23(11-13-24)8-6-4-2/h3,5,12,14-23H,4,6-11,13H2,1-2H3. The van der Waals surface area contributed by atoms with E-state index in [4.69, 9.17) is 0 Å². The first kappa shape index (κ1) is 26.0. The molecule has 0 aromatic heterocycles. The Morgan fingerprint density at radius 3 is 2.19 bits per heavy atom. The van der Waals surface area contributed by atoms with E-state index in [2.05, 4.69) is 13.0 Å². The summed E-state index contributed by atoms with van der Waals surface area (Å²) in [6, 6.07) is 15.7. The molecule has 36 heavy (non-hydrogen) atoms. The smallest absolute Gasteiger partial charge is 0.166 e. The van der Waals surface area contributed by atoms with E-state index in [1.165, 1.54) is 31.3 Å². The van der Waals surface area contributed by atoms with Gasteiger partial charge in [0.2, 0.25) is 0 Å². The molecule has 0 N–H and O–H groups in total. The van der Waals surface area contributed by atoms with Gasteiger partial charge in [0, 0.05) is 11.1 Å². The van der Waals surface area contributed by atoms with Gasteiger partial charge in [0.15, 0.2) is 11.6 Å². The molecule has 1 unspecified atom stereocenters. The lowest BCUT2D eigenvalue weighted by Gasteiger charge is -2.22. The second kappa shape index (κ2) is 12.3. The van der Waals surface area contributed by atoms with Crippen LogP contribution in [0.2, 0.25) is 0 Å². The average Bonchev–Trinajstić information content (AvgIpc) is 2.90. The van der Waals surface area contributed by atoms with Crippen molar-refractivity contribution in [1.29, 1.82) is 0 Å². The van der Waals surface area contributed by atoms with Crippen LogP contribution in [0.1, 0.15) is 69.9 Å². The van der Waals surface area contributed by atoms with E-state index in [0.29, 0.717) is 35.1 Å². The fourth-order valence-corrected chi connectivity index (χ4v) is 5.09. The van der Waals surface area contributed by atoms with Gasteiger partial charge in [-0.2, -0.15) is 0 Å². The molecule has 0 amide bonds. The summed E-state index contributed by atoms with van der Waals surface area (Å²) in [6.45, 7) is 4.13. The summed E-state index contributed by atoms with van der Waals surface area (Å²) in [4.78, 5) is 0. The molecule has 3 aromatic rings. The van der Waals surface area contributed by atoms with E-state index in [0.717, 1.165) is 24.3 Å². The monoisotopic (exact) mass is 488 g/mol. The minimum Gasteiger partial charge on any atom is -0.206 e. The Balaban J connectivity index is 1.49. The van der Waals surface area contributed by atoms with Crippen molar-refractivity contribution in [3.8, 4) is 22.3 Å². The number of hydrogen-bond donors (Lipinski definition) is 0. The maximum absolute atomic E-state index is 15.1. The highest BCUT2D eigenvalue weighted by atomic mass is 19.2. The van der Waals surface area contributed by atoms with Gasteiger partial charge in [-0.05, 0) is 78.8 Å². The molecular weight excluding hydrogens is 453 g/mol. The van der Waals surface area contributed by atoms with E-state index >= 15 is 4.39 Å². The summed E-state index contributed by atoms with van der Waals surface area (Å²) >= 11 is 0. The van der Waals surface area contributed by atoms with E-state index in [1.807, 2.05) is 31.2 Å². The third kappa shape index (κ3) is 6.00. The van der Waals surface area contributed by atoms with Crippen LogP contribution in [0.15, 0.2) is 72.8 Å². The Hall–Kier alpha value is -3.07. The zero-order chi connectivity index (χ0) is 25.5. The number of hydrogen-bond acceptors (Lipinski definition) is 0. The van der Waals surface area contributed by atoms with Crippen LogP contribution in [-0.2, 0) is 6.42 Å². The van der Waals surface area contributed by atoms with Crippen molar-refractivity contribution in [3.05, 3.63) is 101 Å². The number of rotatable bonds is 9. The number of unbranched alkanes of at least 4 members (excludes halogenated alkanes) is 1. The van der Waals surface area contributed by atoms with Crippen LogP contribution in [0.4, 0.5) is 13.2 Å². The second-order valence-corrected chi connectivity index (χ2v) is 9.79. The summed E-state index contributed by atoms with van der Waals surface area (Å²) in [7, 11) is 0. The topological polar surface area (TPSA) is 0 Å². The summed E-state index contributed by atoms with van der Waals surface area (Å²) in [6.07, 6.45) is 14.3. The molecule has 3 aromatic carbocycles. The van der Waals surface area contributed by atoms with Gasteiger partial charge in [-0.1, -0.05) is 92.9 Å². The minimum absolute atomic E-state index is 0.214. The van der Waals surface area contributed by atoms with Crippen molar-refractivity contribution in [2.24, 2.45) is 5.92 Å². The molecule has 0 heterocycles. The molecule has 1 atom stereocenters. The maximum Gasteiger partial charge on any atom is 0.166 e. The second-order valence-electron chi connectivity index (χ2n) is 9.79. The van der Waals surface area contributed by atoms with Gasteiger partial charge in [-0.3, -0.25) is 0 Å². The Bertz CT molecular complexity index is 1230. The van der Waals surface area contributed by atoms with Crippen LogP contribution < -0.4 is 0 Å². The van der Waals surface area contributed by atoms with E-state index < -0.39 is 11.6 Å². The zero-order valence-electron chi connectivity index (χ0n) is 21.3. The van der Waals surface area contributed by atoms with E-state index in [-0.39, 0.29) is 11.4 Å². The van der Waals surface area contributed by atoms with E-state index in [9.17, 15) is 8.78 Å². The quantitative estimate of drug-likeness (QED) is 0.263. The van der Waals surface area contributed by atoms with Crippen molar-refractivity contribution < 1.29 is 13.2 Å². The van der Waals surface area contributed by atoms with Crippen LogP contribution in [-0.4, -0.2) is 0 Å². The lowest BCUT2D eigenvalue weighted by Crippen LogP contribution is -2.05. The van der Waals surface area contributed by atoms with Gasteiger partial charge in [0.1, 0.15) is 5.82 Å². The molecule has 0 radical (unpaired) electrons. The van der Waals surface area contributed by atoms with Gasteiger partial charge in [0.05, 0.1) is 0 Å². The molecule has 0 aliphatic heterocycles. The molecule has 0 saturated carbocycles. The third-order valence-electron chi connectivity index (χ3n) is 7.31. The largest absolute Gasteiger partial charge is 0.206 e. The zero-order valence-corrected chi connectivity index (χ0v) is 21.3. The highest BCUT2D eigenvalue weighted by molar-refractivity contribution is 5.74. The first-order valence-corrected chi connectivity index (χ1v) is 13.2. The molecule has 1 aliphatic carbocycles. The first-order valence-electron chi connectivity index (χ1n) is 13.2. The lowest BCUT2D eigenvalue weighted by atomic mass is 9.84. The summed E-state index contributed by atoms with van der Waals surface area (Å²) in [5.74, 6) is -1.15. The predicted molar refractivity (Wildman–Crippen MR) is 145 cm³/mol. The molecule has 0 nitrogen and oxygen atoms in total. The van der Waals surface area contributed by atoms with Crippen molar-refractivity contribution in [3.63, 3.8) is 0 Å². The molecule has 188 valence electrons. The van der Waals surface area contributed by atoms with Crippen molar-refractivity contribution >= 4 is 5.57 Å². The molecule has 0 bridgehead atoms. The van der Waals surface area contributed by atoms with Gasteiger partial charge < -0.3 is 0 Å². The van der Waals surface area contributed by atoms with Crippen molar-refractivity contribution in [2.45, 2.75) is 65.2 Å². The van der Waals surface area contributed by atoms with Crippen LogP contribution in [0.5, 0.6) is 0 Å². The lowest BCUT2D eigenvalue weighted by molar-refractivity contribution is 0.434. The molecular formula is C33H35F3. The Morgan fingerprint density at radius 2 is 1.56 bits per heavy atom. The predicted octanol–water partition coefficient (Wildman–Crippen LogP) is 10.3. The number of aryl methyl sites for hydroxylation is 1. The molecule has 4 rings (SSSR count). The number of allylic oxidation sites excluding steroid dienone is 4. The first-order chi connectivity index (χ1) is 17.5. The Morgan fingerprint density at radius 1 is 0.861 bits per heavy atom. The van der Waals surface area contributed by atoms with Gasteiger partial charge in [-0.15, -0.1) is 0 Å². The molecule has 0 fully saturated rings. The average molecular weight is 489 g/mol. The van der Waals surface area contributed by atoms with Gasteiger partial charge in [0.25, 0.3) is 0 Å². The van der Waals surface area contributed by atoms with Crippen molar-refractivity contribution in [1.82, 2.24) is 0 Å². The Kier molecular flexibility index (Phi) is 8.85. The summed E-state index contributed by atoms with van der Waals surface area (Å²) < 4.78 is 44.5. The summed E-state index contributed by atoms with van der Waals surface area (Å²) in [5, 5.41) is 0. The minimum atomic E-state index is -0.839. The third-order valence-corrected chi connectivity index (χ3v) is 7.31. The molecule has 1 aliphatic rings. The highest BCUT2D eigenvalue weighted by Crippen LogP contribution is 2.35.